The SMILES string of the molecule is CC(=O)NC(Cc1cccc(C)n1)C(=O)O. The molecule has 0 saturated heterocycles. The maximum atomic E-state index is 10.9. The highest BCUT2D eigenvalue weighted by Gasteiger charge is 2.19. The Morgan fingerprint density at radius 3 is 2.69 bits per heavy atom. The summed E-state index contributed by atoms with van der Waals surface area (Å²) in [6.45, 7) is 3.12. The summed E-state index contributed by atoms with van der Waals surface area (Å²) in [5.41, 5.74) is 1.48. The second-order valence-corrected chi connectivity index (χ2v) is 3.57. The number of nitrogens with one attached hydrogen (secondary N) is 1. The first-order valence-electron chi connectivity index (χ1n) is 4.91. The Hall–Kier alpha value is -1.91. The molecule has 0 bridgehead atoms. The van der Waals surface area contributed by atoms with Gasteiger partial charge in [0.1, 0.15) is 6.04 Å². The van der Waals surface area contributed by atoms with Crippen molar-refractivity contribution in [2.24, 2.45) is 0 Å². The van der Waals surface area contributed by atoms with Crippen molar-refractivity contribution in [3.05, 3.63) is 29.6 Å². The summed E-state index contributed by atoms with van der Waals surface area (Å²) in [5.74, 6) is -1.42. The molecule has 0 saturated carbocycles. The molecule has 0 aliphatic carbocycles. The summed E-state index contributed by atoms with van der Waals surface area (Å²) in [4.78, 5) is 25.9. The average Bonchev–Trinajstić information content (AvgIpc) is 2.15. The Bertz CT molecular complexity index is 404. The first-order valence-corrected chi connectivity index (χ1v) is 4.91. The van der Waals surface area contributed by atoms with Gasteiger partial charge in [-0.3, -0.25) is 9.78 Å². The van der Waals surface area contributed by atoms with Gasteiger partial charge in [0, 0.05) is 24.7 Å². The third-order valence-corrected chi connectivity index (χ3v) is 2.03. The molecule has 5 heteroatoms. The van der Waals surface area contributed by atoms with E-state index >= 15 is 0 Å². The fourth-order valence-corrected chi connectivity index (χ4v) is 1.37. The van der Waals surface area contributed by atoms with Crippen molar-refractivity contribution < 1.29 is 14.7 Å². The van der Waals surface area contributed by atoms with Crippen LogP contribution >= 0.6 is 0 Å². The lowest BCUT2D eigenvalue weighted by atomic mass is 10.1. The number of pyridine rings is 1. The number of aromatic nitrogens is 1. The highest BCUT2D eigenvalue weighted by atomic mass is 16.4. The fourth-order valence-electron chi connectivity index (χ4n) is 1.37. The number of aryl methyl sites for hydroxylation is 1. The summed E-state index contributed by atoms with van der Waals surface area (Å²) in [5, 5.41) is 11.3. The number of amides is 1. The molecule has 0 aromatic carbocycles. The molecular formula is C11H14N2O3. The molecule has 0 aliphatic heterocycles. The zero-order chi connectivity index (χ0) is 12.1. The van der Waals surface area contributed by atoms with Crippen molar-refractivity contribution in [3.8, 4) is 0 Å². The molecule has 1 unspecified atom stereocenters. The Morgan fingerprint density at radius 2 is 2.19 bits per heavy atom. The molecule has 0 radical (unpaired) electrons. The number of nitrogens with zero attached hydrogens (tertiary/aromatic N) is 1. The van der Waals surface area contributed by atoms with Crippen LogP contribution in [0.5, 0.6) is 0 Å². The van der Waals surface area contributed by atoms with Gasteiger partial charge < -0.3 is 10.4 Å². The highest BCUT2D eigenvalue weighted by Crippen LogP contribution is 2.02. The molecule has 1 amide bonds. The predicted octanol–water partition coefficient (Wildman–Crippen LogP) is 0.522. The van der Waals surface area contributed by atoms with E-state index in [1.54, 1.807) is 6.07 Å². The molecule has 1 aromatic heterocycles. The van der Waals surface area contributed by atoms with Gasteiger partial charge in [-0.15, -0.1) is 0 Å². The van der Waals surface area contributed by atoms with Gasteiger partial charge in [-0.2, -0.15) is 0 Å². The molecule has 0 spiro atoms. The van der Waals surface area contributed by atoms with Crippen LogP contribution in [0.3, 0.4) is 0 Å². The van der Waals surface area contributed by atoms with E-state index in [4.69, 9.17) is 5.11 Å². The van der Waals surface area contributed by atoms with Gasteiger partial charge in [0.15, 0.2) is 0 Å². The largest absolute Gasteiger partial charge is 0.480 e. The third kappa shape index (κ3) is 3.68. The fraction of sp³-hybridized carbons (Fsp3) is 0.364. The van der Waals surface area contributed by atoms with Crippen LogP contribution in [-0.4, -0.2) is 28.0 Å². The lowest BCUT2D eigenvalue weighted by molar-refractivity contribution is -0.141. The van der Waals surface area contributed by atoms with E-state index in [-0.39, 0.29) is 12.3 Å². The van der Waals surface area contributed by atoms with Gasteiger partial charge in [-0.05, 0) is 19.1 Å². The van der Waals surface area contributed by atoms with E-state index in [0.29, 0.717) is 5.69 Å². The van der Waals surface area contributed by atoms with E-state index in [1.165, 1.54) is 6.92 Å². The van der Waals surface area contributed by atoms with Crippen LogP contribution in [0.15, 0.2) is 18.2 Å². The standard InChI is InChI=1S/C11H14N2O3/c1-7-4-3-5-9(12-7)6-10(11(15)16)13-8(2)14/h3-5,10H,6H2,1-2H3,(H,13,14)(H,15,16). The summed E-state index contributed by atoms with van der Waals surface area (Å²) in [6, 6.07) is 4.46. The Balaban J connectivity index is 2.75. The molecule has 1 aromatic rings. The van der Waals surface area contributed by atoms with Crippen molar-refractivity contribution >= 4 is 11.9 Å². The zero-order valence-corrected chi connectivity index (χ0v) is 9.23. The van der Waals surface area contributed by atoms with Gasteiger partial charge in [0.05, 0.1) is 0 Å². The Morgan fingerprint density at radius 1 is 1.50 bits per heavy atom. The van der Waals surface area contributed by atoms with Crippen LogP contribution in [0.2, 0.25) is 0 Å². The van der Waals surface area contributed by atoms with Crippen molar-refractivity contribution in [3.63, 3.8) is 0 Å². The van der Waals surface area contributed by atoms with E-state index in [2.05, 4.69) is 10.3 Å². The highest BCUT2D eigenvalue weighted by molar-refractivity contribution is 5.82. The molecule has 1 heterocycles. The predicted molar refractivity (Wildman–Crippen MR) is 57.9 cm³/mol. The van der Waals surface area contributed by atoms with Crippen molar-refractivity contribution in [1.29, 1.82) is 0 Å². The van der Waals surface area contributed by atoms with Gasteiger partial charge in [-0.25, -0.2) is 4.79 Å². The molecule has 2 N–H and O–H groups in total. The van der Waals surface area contributed by atoms with Crippen LogP contribution in [0.4, 0.5) is 0 Å². The van der Waals surface area contributed by atoms with E-state index < -0.39 is 12.0 Å². The number of carboxylic acid groups (broad SMARTS) is 1. The molecule has 16 heavy (non-hydrogen) atoms. The number of carboxylic acids is 1. The van der Waals surface area contributed by atoms with Crippen LogP contribution in [0.25, 0.3) is 0 Å². The van der Waals surface area contributed by atoms with Crippen LogP contribution in [0.1, 0.15) is 18.3 Å². The third-order valence-electron chi connectivity index (χ3n) is 2.03. The second-order valence-electron chi connectivity index (χ2n) is 3.57. The number of carbonyl (C=O) groups excluding carboxylic acids is 1. The van der Waals surface area contributed by atoms with Gasteiger partial charge in [0.2, 0.25) is 5.91 Å². The number of rotatable bonds is 4. The normalized spacial score (nSPS) is 11.9. The van der Waals surface area contributed by atoms with Gasteiger partial charge in [0.25, 0.3) is 0 Å². The maximum Gasteiger partial charge on any atom is 0.326 e. The minimum atomic E-state index is -1.06. The first-order chi connectivity index (χ1) is 7.49. The Labute approximate surface area is 93.5 Å². The minimum absolute atomic E-state index is 0.191. The minimum Gasteiger partial charge on any atom is -0.480 e. The number of carbonyl (C=O) groups is 2. The maximum absolute atomic E-state index is 10.9. The van der Waals surface area contributed by atoms with Crippen LogP contribution in [0, 0.1) is 6.92 Å². The van der Waals surface area contributed by atoms with Crippen molar-refractivity contribution in [2.75, 3.05) is 0 Å². The summed E-state index contributed by atoms with van der Waals surface area (Å²) in [7, 11) is 0. The quantitative estimate of drug-likeness (QED) is 0.778. The van der Waals surface area contributed by atoms with Crippen LogP contribution < -0.4 is 5.32 Å². The first kappa shape index (κ1) is 12.2. The molecule has 1 rings (SSSR count). The van der Waals surface area contributed by atoms with Crippen molar-refractivity contribution in [2.45, 2.75) is 26.3 Å². The van der Waals surface area contributed by atoms with E-state index in [9.17, 15) is 9.59 Å². The molecular weight excluding hydrogens is 208 g/mol. The molecule has 0 aliphatic rings. The second kappa shape index (κ2) is 5.25. The Kier molecular flexibility index (Phi) is 3.99. The molecule has 0 fully saturated rings. The lowest BCUT2D eigenvalue weighted by Gasteiger charge is -2.12. The van der Waals surface area contributed by atoms with Crippen molar-refractivity contribution in [1.82, 2.24) is 10.3 Å². The summed E-state index contributed by atoms with van der Waals surface area (Å²) in [6.07, 6.45) is 0.191. The number of hydrogen-bond acceptors (Lipinski definition) is 3. The van der Waals surface area contributed by atoms with E-state index in [0.717, 1.165) is 5.69 Å². The molecule has 5 nitrogen and oxygen atoms in total. The van der Waals surface area contributed by atoms with Gasteiger partial charge in [-0.1, -0.05) is 6.07 Å². The topological polar surface area (TPSA) is 79.3 Å². The number of aliphatic carboxylic acids is 1. The number of hydrogen-bond donors (Lipinski definition) is 2. The smallest absolute Gasteiger partial charge is 0.326 e. The summed E-state index contributed by atoms with van der Waals surface area (Å²) >= 11 is 0. The average molecular weight is 222 g/mol. The zero-order valence-electron chi connectivity index (χ0n) is 9.23. The lowest BCUT2D eigenvalue weighted by Crippen LogP contribution is -2.41. The molecule has 1 atom stereocenters. The monoisotopic (exact) mass is 222 g/mol. The van der Waals surface area contributed by atoms with E-state index in [1.807, 2.05) is 19.1 Å². The molecule has 86 valence electrons. The van der Waals surface area contributed by atoms with Gasteiger partial charge >= 0.3 is 5.97 Å². The van der Waals surface area contributed by atoms with Crippen LogP contribution in [-0.2, 0) is 16.0 Å². The summed E-state index contributed by atoms with van der Waals surface area (Å²) < 4.78 is 0.